The van der Waals surface area contributed by atoms with Crippen LogP contribution in [0.5, 0.6) is 0 Å². The number of nitrogens with one attached hydrogen (secondary N) is 1. The highest BCUT2D eigenvalue weighted by Crippen LogP contribution is 2.21. The summed E-state index contributed by atoms with van der Waals surface area (Å²) in [5, 5.41) is 2.92. The number of hydrogen-bond acceptors (Lipinski definition) is 3. The molecule has 4 nitrogen and oxygen atoms in total. The zero-order valence-corrected chi connectivity index (χ0v) is 11.2. The Morgan fingerprint density at radius 3 is 2.44 bits per heavy atom. The molecular weight excluding hydrogens is 286 g/mol. The zero-order chi connectivity index (χ0) is 12.6. The molecule has 1 heterocycles. The second-order valence-electron chi connectivity index (χ2n) is 3.91. The van der Waals surface area contributed by atoms with Crippen LogP contribution in [-0.4, -0.2) is 38.9 Å². The Morgan fingerprint density at radius 1 is 1.33 bits per heavy atom. The van der Waals surface area contributed by atoms with Crippen LogP contribution in [0.15, 0.2) is 23.1 Å². The molecule has 0 amide bonds. The van der Waals surface area contributed by atoms with E-state index in [1.807, 2.05) is 0 Å². The second-order valence-corrected chi connectivity index (χ2v) is 5.87. The fourth-order valence-corrected chi connectivity index (χ4v) is 2.98. The Hall–Kier alpha value is -0.760. The molecule has 1 aliphatic heterocycles. The minimum atomic E-state index is -3.97. The van der Waals surface area contributed by atoms with E-state index in [0.717, 1.165) is 16.4 Å². The van der Waals surface area contributed by atoms with Crippen LogP contribution in [0.2, 0.25) is 0 Å². The van der Waals surface area contributed by atoms with Crippen LogP contribution in [0.25, 0.3) is 0 Å². The summed E-state index contributed by atoms with van der Waals surface area (Å²) in [5.74, 6) is -1.71. The summed E-state index contributed by atoms with van der Waals surface area (Å²) < 4.78 is 51.5. The Balaban J connectivity index is 0.00000162. The monoisotopic (exact) mass is 298 g/mol. The number of hydrogen-bond donors (Lipinski definition) is 1. The number of sulfonamides is 1. The molecule has 0 saturated carbocycles. The molecule has 18 heavy (non-hydrogen) atoms. The first-order chi connectivity index (χ1) is 7.93. The molecule has 1 aromatic rings. The molecule has 0 aromatic heterocycles. The highest BCUT2D eigenvalue weighted by molar-refractivity contribution is 7.89. The van der Waals surface area contributed by atoms with E-state index in [-0.39, 0.29) is 18.4 Å². The van der Waals surface area contributed by atoms with E-state index < -0.39 is 26.6 Å². The van der Waals surface area contributed by atoms with Gasteiger partial charge < -0.3 is 5.32 Å². The smallest absolute Gasteiger partial charge is 0.246 e. The van der Waals surface area contributed by atoms with Crippen LogP contribution in [0.1, 0.15) is 0 Å². The van der Waals surface area contributed by atoms with Crippen molar-refractivity contribution >= 4 is 22.4 Å². The fourth-order valence-electron chi connectivity index (χ4n) is 1.56. The predicted molar refractivity (Wildman–Crippen MR) is 65.2 cm³/mol. The molecule has 0 unspecified atom stereocenters. The van der Waals surface area contributed by atoms with E-state index in [9.17, 15) is 17.2 Å². The van der Waals surface area contributed by atoms with Crippen LogP contribution in [0.3, 0.4) is 0 Å². The van der Waals surface area contributed by atoms with Gasteiger partial charge in [0.05, 0.1) is 0 Å². The first kappa shape index (κ1) is 15.3. The van der Waals surface area contributed by atoms with Gasteiger partial charge in [0.2, 0.25) is 10.0 Å². The van der Waals surface area contributed by atoms with Crippen LogP contribution < -0.4 is 5.32 Å². The van der Waals surface area contributed by atoms with Gasteiger partial charge in [-0.15, -0.1) is 12.4 Å². The minimum Gasteiger partial charge on any atom is -0.313 e. The molecule has 1 saturated heterocycles. The van der Waals surface area contributed by atoms with Crippen LogP contribution >= 0.6 is 12.4 Å². The van der Waals surface area contributed by atoms with Crippen LogP contribution in [0, 0.1) is 11.6 Å². The van der Waals surface area contributed by atoms with Gasteiger partial charge in [0.1, 0.15) is 16.5 Å². The van der Waals surface area contributed by atoms with Crippen molar-refractivity contribution in [1.29, 1.82) is 0 Å². The Bertz CT molecular complexity index is 535. The SMILES string of the molecule is CN(C1CNC1)S(=O)(=O)c1cc(F)ccc1F.Cl. The first-order valence-corrected chi connectivity index (χ1v) is 6.51. The summed E-state index contributed by atoms with van der Waals surface area (Å²) in [6.07, 6.45) is 0. The molecule has 2 rings (SSSR count). The van der Waals surface area contributed by atoms with Gasteiger partial charge in [-0.2, -0.15) is 4.31 Å². The number of rotatable bonds is 3. The number of nitrogens with zero attached hydrogens (tertiary/aromatic N) is 1. The van der Waals surface area contributed by atoms with Crippen molar-refractivity contribution in [2.45, 2.75) is 10.9 Å². The summed E-state index contributed by atoms with van der Waals surface area (Å²) in [7, 11) is -2.61. The molecule has 0 atom stereocenters. The number of likely N-dealkylation sites (N-methyl/N-ethyl adjacent to an activating group) is 1. The van der Waals surface area contributed by atoms with E-state index >= 15 is 0 Å². The van der Waals surface area contributed by atoms with Crippen molar-refractivity contribution < 1.29 is 17.2 Å². The summed E-state index contributed by atoms with van der Waals surface area (Å²) in [4.78, 5) is -0.619. The van der Waals surface area contributed by atoms with Crippen molar-refractivity contribution in [3.63, 3.8) is 0 Å². The molecule has 8 heteroatoms. The Kier molecular flexibility index (Phi) is 4.66. The van der Waals surface area contributed by atoms with Gasteiger partial charge in [-0.05, 0) is 18.2 Å². The van der Waals surface area contributed by atoms with Gasteiger partial charge in [-0.25, -0.2) is 17.2 Å². The number of halogens is 3. The average Bonchev–Trinajstić information content (AvgIpc) is 2.19. The highest BCUT2D eigenvalue weighted by Gasteiger charge is 2.33. The normalized spacial score (nSPS) is 16.2. The summed E-state index contributed by atoms with van der Waals surface area (Å²) in [6, 6.07) is 2.20. The number of benzene rings is 1. The second kappa shape index (κ2) is 5.48. The van der Waals surface area contributed by atoms with Crippen molar-refractivity contribution in [1.82, 2.24) is 9.62 Å². The molecule has 1 fully saturated rings. The molecule has 102 valence electrons. The maximum atomic E-state index is 13.4. The lowest BCUT2D eigenvalue weighted by molar-refractivity contribution is 0.273. The molecular formula is C10H13ClF2N2O2S. The molecule has 0 spiro atoms. The molecule has 0 bridgehead atoms. The van der Waals surface area contributed by atoms with Crippen molar-refractivity contribution in [2.24, 2.45) is 0 Å². The van der Waals surface area contributed by atoms with E-state index in [1.165, 1.54) is 7.05 Å². The third-order valence-electron chi connectivity index (χ3n) is 2.82. The van der Waals surface area contributed by atoms with Crippen LogP contribution in [-0.2, 0) is 10.0 Å². The summed E-state index contributed by atoms with van der Waals surface area (Å²) in [6.45, 7) is 1.04. The van der Waals surface area contributed by atoms with Gasteiger partial charge in [-0.1, -0.05) is 0 Å². The average molecular weight is 299 g/mol. The van der Waals surface area contributed by atoms with E-state index in [0.29, 0.717) is 19.2 Å². The largest absolute Gasteiger partial charge is 0.313 e. The molecule has 1 N–H and O–H groups in total. The highest BCUT2D eigenvalue weighted by atomic mass is 35.5. The van der Waals surface area contributed by atoms with Gasteiger partial charge in [0.15, 0.2) is 0 Å². The third-order valence-corrected chi connectivity index (χ3v) is 4.75. The Morgan fingerprint density at radius 2 is 1.94 bits per heavy atom. The molecule has 0 radical (unpaired) electrons. The standard InChI is InChI=1S/C10H12F2N2O2S.ClH/c1-14(8-5-13-6-8)17(15,16)10-4-7(11)2-3-9(10)12;/h2-4,8,13H,5-6H2,1H3;1H. The van der Waals surface area contributed by atoms with Crippen molar-refractivity contribution in [2.75, 3.05) is 20.1 Å². The predicted octanol–water partition coefficient (Wildman–Crippen LogP) is 0.979. The van der Waals surface area contributed by atoms with E-state index in [4.69, 9.17) is 0 Å². The zero-order valence-electron chi connectivity index (χ0n) is 9.56. The van der Waals surface area contributed by atoms with E-state index in [2.05, 4.69) is 5.32 Å². The van der Waals surface area contributed by atoms with Gasteiger partial charge >= 0.3 is 0 Å². The first-order valence-electron chi connectivity index (χ1n) is 5.07. The van der Waals surface area contributed by atoms with Crippen LogP contribution in [0.4, 0.5) is 8.78 Å². The van der Waals surface area contributed by atoms with Crippen molar-refractivity contribution in [3.8, 4) is 0 Å². The molecule has 1 aliphatic rings. The van der Waals surface area contributed by atoms with Crippen molar-refractivity contribution in [3.05, 3.63) is 29.8 Å². The van der Waals surface area contributed by atoms with E-state index in [1.54, 1.807) is 0 Å². The maximum Gasteiger partial charge on any atom is 0.246 e. The maximum absolute atomic E-state index is 13.4. The van der Waals surface area contributed by atoms with Gasteiger partial charge in [0, 0.05) is 26.2 Å². The van der Waals surface area contributed by atoms with Gasteiger partial charge in [0.25, 0.3) is 0 Å². The lowest BCUT2D eigenvalue weighted by atomic mass is 10.2. The lowest BCUT2D eigenvalue weighted by Crippen LogP contribution is -2.57. The lowest BCUT2D eigenvalue weighted by Gasteiger charge is -2.34. The topological polar surface area (TPSA) is 49.4 Å². The third kappa shape index (κ3) is 2.64. The minimum absolute atomic E-state index is 0. The fraction of sp³-hybridized carbons (Fsp3) is 0.400. The van der Waals surface area contributed by atoms with Gasteiger partial charge in [-0.3, -0.25) is 0 Å². The Labute approximate surface area is 110 Å². The molecule has 1 aromatic carbocycles. The molecule has 0 aliphatic carbocycles. The summed E-state index contributed by atoms with van der Waals surface area (Å²) in [5.41, 5.74) is 0. The summed E-state index contributed by atoms with van der Waals surface area (Å²) >= 11 is 0. The quantitative estimate of drug-likeness (QED) is 0.905.